The smallest absolute Gasteiger partial charge is 0.196 e. The van der Waals surface area contributed by atoms with Crippen molar-refractivity contribution in [2.75, 3.05) is 19.6 Å². The Balaban J connectivity index is 1.93. The molecule has 2 heterocycles. The number of nitrogens with one attached hydrogen (secondary N) is 1. The highest BCUT2D eigenvalue weighted by atomic mass is 15.2. The van der Waals surface area contributed by atoms with Crippen LogP contribution in [0.3, 0.4) is 0 Å². The zero-order valence-electron chi connectivity index (χ0n) is 9.45. The largest absolute Gasteiger partial charge is 0.385 e. The third kappa shape index (κ3) is 2.65. The molecule has 1 fully saturated rings. The maximum absolute atomic E-state index is 6.13. The Morgan fingerprint density at radius 1 is 1.38 bits per heavy atom. The van der Waals surface area contributed by atoms with E-state index in [4.69, 9.17) is 17.2 Å². The van der Waals surface area contributed by atoms with Gasteiger partial charge >= 0.3 is 0 Å². The molecule has 1 saturated heterocycles. The highest BCUT2D eigenvalue weighted by Gasteiger charge is 2.27. The molecule has 2 rings (SSSR count). The Morgan fingerprint density at radius 2 is 2.06 bits per heavy atom. The van der Waals surface area contributed by atoms with Crippen molar-refractivity contribution >= 4 is 5.96 Å². The van der Waals surface area contributed by atoms with Crippen LogP contribution in [0.25, 0.3) is 0 Å². The van der Waals surface area contributed by atoms with Gasteiger partial charge in [-0.2, -0.15) is 0 Å². The van der Waals surface area contributed by atoms with E-state index in [0.717, 1.165) is 26.1 Å². The summed E-state index contributed by atoms with van der Waals surface area (Å²) in [5.74, 6) is 0.778. The van der Waals surface area contributed by atoms with Crippen molar-refractivity contribution in [1.82, 2.24) is 10.2 Å². The van der Waals surface area contributed by atoms with Crippen LogP contribution in [0.2, 0.25) is 0 Å². The number of nitrogens with two attached hydrogens (primary N) is 3. The minimum atomic E-state index is -0.748. The summed E-state index contributed by atoms with van der Waals surface area (Å²) < 4.78 is 0. The number of rotatable bonds is 3. The third-order valence-electron chi connectivity index (χ3n) is 3.03. The topological polar surface area (TPSA) is 106 Å². The van der Waals surface area contributed by atoms with Crippen LogP contribution in [0, 0.1) is 0 Å². The molecule has 0 amide bonds. The molecule has 0 aliphatic carbocycles. The van der Waals surface area contributed by atoms with E-state index in [1.807, 2.05) is 0 Å². The van der Waals surface area contributed by atoms with Gasteiger partial charge in [0.05, 0.1) is 0 Å². The van der Waals surface area contributed by atoms with E-state index in [0.29, 0.717) is 11.8 Å². The van der Waals surface area contributed by atoms with Gasteiger partial charge in [0.25, 0.3) is 0 Å². The summed E-state index contributed by atoms with van der Waals surface area (Å²) in [6.45, 7) is 3.26. The first-order chi connectivity index (χ1) is 7.57. The van der Waals surface area contributed by atoms with Gasteiger partial charge in [-0.3, -0.25) is 0 Å². The fourth-order valence-electron chi connectivity index (χ4n) is 2.21. The van der Waals surface area contributed by atoms with E-state index in [9.17, 15) is 0 Å². The van der Waals surface area contributed by atoms with Gasteiger partial charge in [0, 0.05) is 13.0 Å². The first-order valence-corrected chi connectivity index (χ1v) is 5.69. The number of nitrogens with zero attached hydrogens (tertiary/aromatic N) is 2. The molecule has 0 spiro atoms. The summed E-state index contributed by atoms with van der Waals surface area (Å²) in [5.41, 5.74) is 16.7. The molecule has 2 aliphatic rings. The second-order valence-electron chi connectivity index (χ2n) is 4.51. The normalized spacial score (nSPS) is 30.8. The second-order valence-corrected chi connectivity index (χ2v) is 4.51. The lowest BCUT2D eigenvalue weighted by Gasteiger charge is -2.28. The first kappa shape index (κ1) is 11.2. The summed E-state index contributed by atoms with van der Waals surface area (Å²) in [5, 5.41) is 2.74. The Kier molecular flexibility index (Phi) is 3.02. The molecule has 0 aromatic rings. The average molecular weight is 224 g/mol. The summed E-state index contributed by atoms with van der Waals surface area (Å²) in [6, 6.07) is 0. The van der Waals surface area contributed by atoms with Crippen molar-refractivity contribution in [1.29, 1.82) is 0 Å². The molecule has 2 aliphatic heterocycles. The predicted octanol–water partition coefficient (Wildman–Crippen LogP) is -1.15. The van der Waals surface area contributed by atoms with Crippen molar-refractivity contribution < 1.29 is 0 Å². The molecule has 0 saturated carbocycles. The van der Waals surface area contributed by atoms with Crippen molar-refractivity contribution in [3.63, 3.8) is 0 Å². The van der Waals surface area contributed by atoms with Crippen LogP contribution in [0.5, 0.6) is 0 Å². The van der Waals surface area contributed by atoms with Crippen LogP contribution < -0.4 is 22.5 Å². The molecule has 1 unspecified atom stereocenters. The molecule has 1 atom stereocenters. The molecule has 7 N–H and O–H groups in total. The quantitative estimate of drug-likeness (QED) is 0.484. The Hall–Kier alpha value is -1.27. The molecule has 0 aromatic heterocycles. The van der Waals surface area contributed by atoms with Gasteiger partial charge < -0.3 is 27.4 Å². The summed E-state index contributed by atoms with van der Waals surface area (Å²) >= 11 is 0. The van der Waals surface area contributed by atoms with Gasteiger partial charge in [-0.1, -0.05) is 0 Å². The molecule has 90 valence electrons. The van der Waals surface area contributed by atoms with Gasteiger partial charge in [0.1, 0.15) is 11.5 Å². The van der Waals surface area contributed by atoms with Crippen LogP contribution in [0.4, 0.5) is 0 Å². The molecular formula is C10H20N6. The van der Waals surface area contributed by atoms with Gasteiger partial charge in [-0.05, 0) is 32.0 Å². The van der Waals surface area contributed by atoms with Crippen molar-refractivity contribution in [2.45, 2.75) is 24.9 Å². The minimum Gasteiger partial charge on any atom is -0.385 e. The number of guanidine groups is 1. The molecule has 0 radical (unpaired) electrons. The van der Waals surface area contributed by atoms with E-state index in [1.165, 1.54) is 12.8 Å². The van der Waals surface area contributed by atoms with Gasteiger partial charge in [-0.15, -0.1) is 0 Å². The predicted molar refractivity (Wildman–Crippen MR) is 64.2 cm³/mol. The van der Waals surface area contributed by atoms with E-state index in [2.05, 4.69) is 15.2 Å². The van der Waals surface area contributed by atoms with E-state index in [-0.39, 0.29) is 0 Å². The zero-order chi connectivity index (χ0) is 11.6. The zero-order valence-corrected chi connectivity index (χ0v) is 9.45. The monoisotopic (exact) mass is 224 g/mol. The minimum absolute atomic E-state index is 0.295. The second kappa shape index (κ2) is 4.31. The van der Waals surface area contributed by atoms with Crippen LogP contribution in [0.1, 0.15) is 19.3 Å². The molecule has 0 bridgehead atoms. The van der Waals surface area contributed by atoms with Gasteiger partial charge in [0.15, 0.2) is 5.96 Å². The van der Waals surface area contributed by atoms with Crippen molar-refractivity contribution in [3.05, 3.63) is 11.9 Å². The summed E-state index contributed by atoms with van der Waals surface area (Å²) in [6.07, 6.45) is 5.04. The Bertz CT molecular complexity index is 297. The van der Waals surface area contributed by atoms with Crippen molar-refractivity contribution in [3.8, 4) is 0 Å². The molecule has 0 aromatic carbocycles. The summed E-state index contributed by atoms with van der Waals surface area (Å²) in [7, 11) is 0. The highest BCUT2D eigenvalue weighted by Crippen LogP contribution is 2.17. The van der Waals surface area contributed by atoms with Crippen LogP contribution in [-0.4, -0.2) is 36.2 Å². The Labute approximate surface area is 95.5 Å². The van der Waals surface area contributed by atoms with E-state index in [1.54, 1.807) is 6.08 Å². The average Bonchev–Trinajstić information content (AvgIpc) is 2.64. The molecule has 16 heavy (non-hydrogen) atoms. The molecule has 6 heteroatoms. The number of aliphatic imine (C=N–C) groups is 1. The lowest BCUT2D eigenvalue weighted by molar-refractivity contribution is 0.303. The summed E-state index contributed by atoms with van der Waals surface area (Å²) in [4.78, 5) is 6.60. The highest BCUT2D eigenvalue weighted by molar-refractivity contribution is 5.81. The molecule has 6 nitrogen and oxygen atoms in total. The van der Waals surface area contributed by atoms with Gasteiger partial charge in [0.2, 0.25) is 0 Å². The van der Waals surface area contributed by atoms with Gasteiger partial charge in [-0.25, -0.2) is 4.99 Å². The molecular weight excluding hydrogens is 204 g/mol. The van der Waals surface area contributed by atoms with E-state index < -0.39 is 5.66 Å². The standard InChI is InChI=1S/C10H20N6/c11-8-7-10(13,15-9(12)14-8)3-6-16-4-1-2-5-16/h7H,1-6,11,13H2,(H3,12,14,15). The first-order valence-electron chi connectivity index (χ1n) is 5.69. The number of hydrogen-bond acceptors (Lipinski definition) is 6. The third-order valence-corrected chi connectivity index (χ3v) is 3.03. The number of hydrogen-bond donors (Lipinski definition) is 4. The lowest BCUT2D eigenvalue weighted by Crippen LogP contribution is -2.49. The number of likely N-dealkylation sites (tertiary alicyclic amines) is 1. The maximum Gasteiger partial charge on any atom is 0.196 e. The van der Waals surface area contributed by atoms with Crippen LogP contribution >= 0.6 is 0 Å². The van der Waals surface area contributed by atoms with E-state index >= 15 is 0 Å². The Morgan fingerprint density at radius 3 is 2.69 bits per heavy atom. The lowest BCUT2D eigenvalue weighted by atomic mass is 10.1. The van der Waals surface area contributed by atoms with Crippen LogP contribution in [0.15, 0.2) is 16.9 Å². The fourth-order valence-corrected chi connectivity index (χ4v) is 2.21. The van der Waals surface area contributed by atoms with Crippen molar-refractivity contribution in [2.24, 2.45) is 22.2 Å². The maximum atomic E-state index is 6.13. The fraction of sp³-hybridized carbons (Fsp3) is 0.700. The van der Waals surface area contributed by atoms with Crippen LogP contribution in [-0.2, 0) is 0 Å². The SMILES string of the molecule is NC1=CC(N)(CCN2CCCC2)N=C(N)N1.